The Balaban J connectivity index is 2.06. The van der Waals surface area contributed by atoms with Gasteiger partial charge in [-0.2, -0.15) is 5.26 Å². The minimum atomic E-state index is -0.468. The van der Waals surface area contributed by atoms with Gasteiger partial charge in [-0.15, -0.1) is 0 Å². The lowest BCUT2D eigenvalue weighted by atomic mass is 10.1. The highest BCUT2D eigenvalue weighted by Crippen LogP contribution is 2.19. The molecule has 0 aliphatic heterocycles. The van der Waals surface area contributed by atoms with E-state index in [4.69, 9.17) is 9.47 Å². The molecule has 0 atom stereocenters. The summed E-state index contributed by atoms with van der Waals surface area (Å²) in [5.41, 5.74) is 1.34. The number of nitrogens with zero attached hydrogens (tertiary/aromatic N) is 1. The third-order valence-corrected chi connectivity index (χ3v) is 3.65. The summed E-state index contributed by atoms with van der Waals surface area (Å²) in [6.45, 7) is 2.79. The lowest BCUT2D eigenvalue weighted by Crippen LogP contribution is -2.13. The summed E-state index contributed by atoms with van der Waals surface area (Å²) < 4.78 is 10.7. The largest absolute Gasteiger partial charge is 0.497 e. The summed E-state index contributed by atoms with van der Waals surface area (Å²) >= 11 is 0. The number of hydrogen-bond donors (Lipinski definition) is 1. The van der Waals surface area contributed by atoms with Crippen LogP contribution in [0.1, 0.15) is 25.3 Å². The fourth-order valence-corrected chi connectivity index (χ4v) is 2.21. The van der Waals surface area contributed by atoms with E-state index in [1.54, 1.807) is 37.5 Å². The van der Waals surface area contributed by atoms with E-state index in [1.807, 2.05) is 30.3 Å². The Bertz CT molecular complexity index is 805. The maximum Gasteiger partial charge on any atom is 0.266 e. The number of nitriles is 1. The van der Waals surface area contributed by atoms with Crippen LogP contribution in [0.2, 0.25) is 0 Å². The monoisotopic (exact) mass is 350 g/mol. The van der Waals surface area contributed by atoms with Crippen molar-refractivity contribution in [1.29, 1.82) is 5.26 Å². The number of methoxy groups -OCH3 is 1. The van der Waals surface area contributed by atoms with Crippen LogP contribution >= 0.6 is 0 Å². The van der Waals surface area contributed by atoms with Crippen LogP contribution in [0.5, 0.6) is 11.5 Å². The van der Waals surface area contributed by atoms with Crippen molar-refractivity contribution in [3.8, 4) is 17.6 Å². The molecule has 0 radical (unpaired) electrons. The average molecular weight is 350 g/mol. The van der Waals surface area contributed by atoms with Gasteiger partial charge >= 0.3 is 0 Å². The molecule has 134 valence electrons. The van der Waals surface area contributed by atoms with Crippen molar-refractivity contribution >= 4 is 17.7 Å². The van der Waals surface area contributed by atoms with Crippen molar-refractivity contribution < 1.29 is 14.3 Å². The normalized spacial score (nSPS) is 10.7. The van der Waals surface area contributed by atoms with Gasteiger partial charge in [-0.3, -0.25) is 4.79 Å². The first-order valence-electron chi connectivity index (χ1n) is 8.46. The number of carbonyl (C=O) groups is 1. The zero-order valence-electron chi connectivity index (χ0n) is 15.0. The molecule has 0 bridgehead atoms. The van der Waals surface area contributed by atoms with Gasteiger partial charge in [-0.05, 0) is 42.3 Å². The van der Waals surface area contributed by atoms with E-state index >= 15 is 0 Å². The predicted octanol–water partition coefficient (Wildman–Crippen LogP) is 4.42. The van der Waals surface area contributed by atoms with Crippen LogP contribution < -0.4 is 14.8 Å². The van der Waals surface area contributed by atoms with E-state index in [2.05, 4.69) is 12.2 Å². The van der Waals surface area contributed by atoms with Crippen LogP contribution in [0.4, 0.5) is 5.69 Å². The van der Waals surface area contributed by atoms with E-state index in [0.29, 0.717) is 18.0 Å². The molecule has 2 aromatic rings. The molecule has 5 heteroatoms. The fraction of sp³-hybridized carbons (Fsp3) is 0.238. The molecule has 2 aromatic carbocycles. The standard InChI is InChI=1S/C21H22N2O3/c1-3-4-12-26-19-10-8-16(9-11-19)13-17(15-22)21(24)23-18-6-5-7-20(14-18)25-2/h5-11,13-14H,3-4,12H2,1-2H3,(H,23,24)/b17-13+. The van der Waals surface area contributed by atoms with Gasteiger partial charge < -0.3 is 14.8 Å². The van der Waals surface area contributed by atoms with Gasteiger partial charge in [0.2, 0.25) is 0 Å². The Kier molecular flexibility index (Phi) is 7.26. The number of hydrogen-bond acceptors (Lipinski definition) is 4. The summed E-state index contributed by atoms with van der Waals surface area (Å²) in [5, 5.41) is 12.0. The van der Waals surface area contributed by atoms with Crippen molar-refractivity contribution in [1.82, 2.24) is 0 Å². The number of rotatable bonds is 8. The van der Waals surface area contributed by atoms with Crippen molar-refractivity contribution in [2.75, 3.05) is 19.0 Å². The number of carbonyl (C=O) groups excluding carboxylic acids is 1. The van der Waals surface area contributed by atoms with Crippen LogP contribution in [-0.4, -0.2) is 19.6 Å². The van der Waals surface area contributed by atoms with Crippen molar-refractivity contribution in [2.45, 2.75) is 19.8 Å². The molecule has 1 N–H and O–H groups in total. The SMILES string of the molecule is CCCCOc1ccc(/C=C(\C#N)C(=O)Nc2cccc(OC)c2)cc1. The van der Waals surface area contributed by atoms with Gasteiger partial charge in [0.05, 0.1) is 13.7 Å². The maximum atomic E-state index is 12.3. The first-order valence-corrected chi connectivity index (χ1v) is 8.46. The van der Waals surface area contributed by atoms with Crippen LogP contribution in [0.3, 0.4) is 0 Å². The predicted molar refractivity (Wildman–Crippen MR) is 102 cm³/mol. The second-order valence-electron chi connectivity index (χ2n) is 5.63. The Labute approximate surface area is 153 Å². The number of nitrogens with one attached hydrogen (secondary N) is 1. The van der Waals surface area contributed by atoms with E-state index in [-0.39, 0.29) is 5.57 Å². The summed E-state index contributed by atoms with van der Waals surface area (Å²) in [6, 6.07) is 16.2. The van der Waals surface area contributed by atoms with Gasteiger partial charge in [-0.25, -0.2) is 0 Å². The molecule has 0 heterocycles. The lowest BCUT2D eigenvalue weighted by molar-refractivity contribution is -0.112. The Morgan fingerprint density at radius 3 is 2.62 bits per heavy atom. The Morgan fingerprint density at radius 2 is 1.96 bits per heavy atom. The molecule has 5 nitrogen and oxygen atoms in total. The molecule has 26 heavy (non-hydrogen) atoms. The molecule has 0 aromatic heterocycles. The van der Waals surface area contributed by atoms with E-state index < -0.39 is 5.91 Å². The average Bonchev–Trinajstić information content (AvgIpc) is 2.67. The number of benzene rings is 2. The van der Waals surface area contributed by atoms with Crippen molar-refractivity contribution in [2.24, 2.45) is 0 Å². The molecule has 0 aliphatic carbocycles. The third kappa shape index (κ3) is 5.67. The molecule has 0 saturated heterocycles. The molecular formula is C21H22N2O3. The second kappa shape index (κ2) is 9.90. The summed E-state index contributed by atoms with van der Waals surface area (Å²) in [5.74, 6) is 0.933. The summed E-state index contributed by atoms with van der Waals surface area (Å²) in [7, 11) is 1.55. The van der Waals surface area contributed by atoms with E-state index in [1.165, 1.54) is 0 Å². The minimum absolute atomic E-state index is 0.0208. The van der Waals surface area contributed by atoms with Crippen LogP contribution in [-0.2, 0) is 4.79 Å². The molecule has 2 rings (SSSR count). The van der Waals surface area contributed by atoms with E-state index in [9.17, 15) is 10.1 Å². The van der Waals surface area contributed by atoms with Gasteiger partial charge in [0.15, 0.2) is 0 Å². The molecule has 0 saturated carbocycles. The topological polar surface area (TPSA) is 71.3 Å². The fourth-order valence-electron chi connectivity index (χ4n) is 2.21. The zero-order chi connectivity index (χ0) is 18.8. The first-order chi connectivity index (χ1) is 12.7. The highest BCUT2D eigenvalue weighted by Gasteiger charge is 2.10. The smallest absolute Gasteiger partial charge is 0.266 e. The van der Waals surface area contributed by atoms with Crippen molar-refractivity contribution in [3.63, 3.8) is 0 Å². The summed E-state index contributed by atoms with van der Waals surface area (Å²) in [6.07, 6.45) is 3.63. The second-order valence-corrected chi connectivity index (χ2v) is 5.63. The molecule has 0 aliphatic rings. The number of amides is 1. The van der Waals surface area contributed by atoms with E-state index in [0.717, 1.165) is 24.2 Å². The van der Waals surface area contributed by atoms with Gasteiger partial charge in [0, 0.05) is 11.8 Å². The molecular weight excluding hydrogens is 328 g/mol. The summed E-state index contributed by atoms with van der Waals surface area (Å²) in [4.78, 5) is 12.3. The lowest BCUT2D eigenvalue weighted by Gasteiger charge is -2.07. The Hall–Kier alpha value is -3.26. The number of ether oxygens (including phenoxy) is 2. The zero-order valence-corrected chi connectivity index (χ0v) is 15.0. The van der Waals surface area contributed by atoms with Crippen LogP contribution in [0.15, 0.2) is 54.1 Å². The molecule has 0 unspecified atom stereocenters. The van der Waals surface area contributed by atoms with Crippen molar-refractivity contribution in [3.05, 3.63) is 59.7 Å². The molecule has 0 spiro atoms. The van der Waals surface area contributed by atoms with Gasteiger partial charge in [-0.1, -0.05) is 31.5 Å². The third-order valence-electron chi connectivity index (χ3n) is 3.65. The molecule has 0 fully saturated rings. The Morgan fingerprint density at radius 1 is 1.19 bits per heavy atom. The minimum Gasteiger partial charge on any atom is -0.497 e. The maximum absolute atomic E-state index is 12.3. The van der Waals surface area contributed by atoms with Gasteiger partial charge in [0.25, 0.3) is 5.91 Å². The first kappa shape index (κ1) is 19.1. The highest BCUT2D eigenvalue weighted by atomic mass is 16.5. The molecule has 1 amide bonds. The highest BCUT2D eigenvalue weighted by molar-refractivity contribution is 6.09. The van der Waals surface area contributed by atoms with Crippen LogP contribution in [0, 0.1) is 11.3 Å². The number of unbranched alkanes of at least 4 members (excludes halogenated alkanes) is 1. The number of anilines is 1. The van der Waals surface area contributed by atoms with Crippen LogP contribution in [0.25, 0.3) is 6.08 Å². The van der Waals surface area contributed by atoms with Gasteiger partial charge in [0.1, 0.15) is 23.1 Å². The quantitative estimate of drug-likeness (QED) is 0.434.